The van der Waals surface area contributed by atoms with Crippen LogP contribution in [0, 0.1) is 11.7 Å². The van der Waals surface area contributed by atoms with Crippen molar-refractivity contribution in [2.45, 2.75) is 13.5 Å². The van der Waals surface area contributed by atoms with E-state index in [-0.39, 0.29) is 0 Å². The van der Waals surface area contributed by atoms with Crippen LogP contribution in [0.3, 0.4) is 0 Å². The van der Waals surface area contributed by atoms with Gasteiger partial charge in [-0.2, -0.15) is 0 Å². The lowest BCUT2D eigenvalue weighted by Crippen LogP contribution is -2.08. The Morgan fingerprint density at radius 1 is 1.24 bits per heavy atom. The van der Waals surface area contributed by atoms with E-state index in [2.05, 4.69) is 44.5 Å². The third-order valence-electron chi connectivity index (χ3n) is 3.31. The predicted molar refractivity (Wildman–Crippen MR) is 91.5 cm³/mol. The van der Waals surface area contributed by atoms with Gasteiger partial charge in [0.25, 0.3) is 0 Å². The monoisotopic (exact) mass is 362 g/mol. The molecule has 1 aromatic heterocycles. The fourth-order valence-electron chi connectivity index (χ4n) is 2.31. The van der Waals surface area contributed by atoms with Crippen molar-refractivity contribution in [3.05, 3.63) is 57.3 Å². The first kappa shape index (κ1) is 14.4. The first-order valence-electron chi connectivity index (χ1n) is 6.71. The summed E-state index contributed by atoms with van der Waals surface area (Å²) >= 11 is 8.88. The van der Waals surface area contributed by atoms with Gasteiger partial charge in [0.15, 0.2) is 4.77 Å². The number of hydrogen-bond acceptors (Lipinski definition) is 2. The van der Waals surface area contributed by atoms with E-state index in [9.17, 15) is 0 Å². The second-order valence-corrected chi connectivity index (χ2v) is 6.21. The molecule has 0 saturated carbocycles. The quantitative estimate of drug-likeness (QED) is 0.672. The lowest BCUT2D eigenvalue weighted by Gasteiger charge is -2.08. The van der Waals surface area contributed by atoms with Crippen LogP contribution in [0.4, 0.5) is 0 Å². The van der Waals surface area contributed by atoms with Gasteiger partial charge in [-0.1, -0.05) is 28.1 Å². The van der Waals surface area contributed by atoms with Crippen LogP contribution >= 0.6 is 28.1 Å². The summed E-state index contributed by atoms with van der Waals surface area (Å²) in [5, 5.41) is 0. The molecule has 0 aliphatic heterocycles. The number of rotatable bonds is 4. The zero-order valence-corrected chi connectivity index (χ0v) is 14.0. The summed E-state index contributed by atoms with van der Waals surface area (Å²) < 4.78 is 9.62. The molecule has 0 radical (unpaired) electrons. The van der Waals surface area contributed by atoms with E-state index >= 15 is 0 Å². The highest BCUT2D eigenvalue weighted by molar-refractivity contribution is 9.10. The van der Waals surface area contributed by atoms with Crippen LogP contribution in [0.25, 0.3) is 11.0 Å². The highest BCUT2D eigenvalue weighted by atomic mass is 79.9. The van der Waals surface area contributed by atoms with E-state index in [0.717, 1.165) is 26.0 Å². The maximum atomic E-state index is 5.80. The molecule has 3 nitrogen and oxygen atoms in total. The number of aryl methyl sites for hydroxylation is 1. The van der Waals surface area contributed by atoms with Crippen LogP contribution in [-0.4, -0.2) is 16.2 Å². The van der Waals surface area contributed by atoms with Crippen LogP contribution in [-0.2, 0) is 6.54 Å². The van der Waals surface area contributed by atoms with Crippen molar-refractivity contribution in [1.82, 2.24) is 9.55 Å². The van der Waals surface area contributed by atoms with Gasteiger partial charge in [-0.05, 0) is 55.0 Å². The molecular formula is C16H15BrN2OS. The minimum atomic E-state index is 0.581. The molecule has 21 heavy (non-hydrogen) atoms. The maximum absolute atomic E-state index is 5.80. The average Bonchev–Trinajstić information content (AvgIpc) is 2.75. The van der Waals surface area contributed by atoms with Crippen molar-refractivity contribution in [3.63, 3.8) is 0 Å². The molecule has 3 rings (SSSR count). The van der Waals surface area contributed by atoms with Crippen molar-refractivity contribution < 1.29 is 4.74 Å². The number of halogens is 1. The van der Waals surface area contributed by atoms with E-state index in [1.807, 2.05) is 30.3 Å². The van der Waals surface area contributed by atoms with E-state index < -0.39 is 0 Å². The second-order valence-electron chi connectivity index (χ2n) is 4.91. The Labute approximate surface area is 136 Å². The predicted octanol–water partition coefficient (Wildman–Crippen LogP) is 4.85. The number of ether oxygens (including phenoxy) is 1. The first-order chi connectivity index (χ1) is 10.1. The SMILES string of the molecule is Cc1cccc(OCCn2c(=S)[nH]c3ccc(Br)cc32)c1. The minimum absolute atomic E-state index is 0.581. The number of aromatic nitrogens is 2. The van der Waals surface area contributed by atoms with E-state index in [1.165, 1.54) is 5.56 Å². The molecule has 0 fully saturated rings. The summed E-state index contributed by atoms with van der Waals surface area (Å²) in [6.45, 7) is 3.35. The number of hydrogen-bond donors (Lipinski definition) is 1. The van der Waals surface area contributed by atoms with Gasteiger partial charge in [-0.25, -0.2) is 0 Å². The molecule has 108 valence electrons. The molecule has 2 aromatic carbocycles. The summed E-state index contributed by atoms with van der Waals surface area (Å²) in [7, 11) is 0. The third kappa shape index (κ3) is 3.19. The molecular weight excluding hydrogens is 348 g/mol. The number of H-pyrrole nitrogens is 1. The Bertz CT molecular complexity index is 838. The van der Waals surface area contributed by atoms with Gasteiger partial charge < -0.3 is 14.3 Å². The number of benzene rings is 2. The molecule has 1 N–H and O–H groups in total. The Kier molecular flexibility index (Phi) is 4.12. The fraction of sp³-hybridized carbons (Fsp3) is 0.188. The molecule has 0 unspecified atom stereocenters. The summed E-state index contributed by atoms with van der Waals surface area (Å²) in [6.07, 6.45) is 0. The molecule has 0 spiro atoms. The maximum Gasteiger partial charge on any atom is 0.178 e. The molecule has 1 heterocycles. The van der Waals surface area contributed by atoms with Crippen molar-refractivity contribution in [2.75, 3.05) is 6.61 Å². The number of aromatic amines is 1. The third-order valence-corrected chi connectivity index (χ3v) is 4.13. The molecule has 0 saturated heterocycles. The molecule has 0 amide bonds. The molecule has 0 aliphatic rings. The minimum Gasteiger partial charge on any atom is -0.492 e. The van der Waals surface area contributed by atoms with E-state index in [1.54, 1.807) is 0 Å². The van der Waals surface area contributed by atoms with Crippen molar-refractivity contribution in [2.24, 2.45) is 0 Å². The van der Waals surface area contributed by atoms with Gasteiger partial charge in [0.05, 0.1) is 17.6 Å². The standard InChI is InChI=1S/C16H15BrN2OS/c1-11-3-2-4-13(9-11)20-8-7-19-15-10-12(17)5-6-14(15)18-16(19)21/h2-6,9-10H,7-8H2,1H3,(H,18,21). The van der Waals surface area contributed by atoms with Gasteiger partial charge >= 0.3 is 0 Å². The summed E-state index contributed by atoms with van der Waals surface area (Å²) in [5.41, 5.74) is 3.32. The first-order valence-corrected chi connectivity index (χ1v) is 7.91. The summed E-state index contributed by atoms with van der Waals surface area (Å²) in [4.78, 5) is 3.21. The number of nitrogens with one attached hydrogen (secondary N) is 1. The van der Waals surface area contributed by atoms with Crippen LogP contribution in [0.15, 0.2) is 46.9 Å². The fourth-order valence-corrected chi connectivity index (χ4v) is 2.96. The number of fused-ring (bicyclic) bond motifs is 1. The lowest BCUT2D eigenvalue weighted by molar-refractivity contribution is 0.299. The van der Waals surface area contributed by atoms with Crippen molar-refractivity contribution in [1.29, 1.82) is 0 Å². The Balaban J connectivity index is 1.78. The topological polar surface area (TPSA) is 29.9 Å². The highest BCUT2D eigenvalue weighted by Crippen LogP contribution is 2.20. The van der Waals surface area contributed by atoms with Gasteiger partial charge in [0.2, 0.25) is 0 Å². The number of imidazole rings is 1. The molecule has 3 aromatic rings. The Morgan fingerprint density at radius 3 is 2.90 bits per heavy atom. The Hall–Kier alpha value is -1.59. The zero-order chi connectivity index (χ0) is 14.8. The van der Waals surface area contributed by atoms with Gasteiger partial charge in [0.1, 0.15) is 12.4 Å². The van der Waals surface area contributed by atoms with E-state index in [0.29, 0.717) is 13.2 Å². The van der Waals surface area contributed by atoms with Crippen LogP contribution < -0.4 is 4.74 Å². The summed E-state index contributed by atoms with van der Waals surface area (Å²) in [6, 6.07) is 14.1. The molecule has 5 heteroatoms. The molecule has 0 aliphatic carbocycles. The largest absolute Gasteiger partial charge is 0.492 e. The van der Waals surface area contributed by atoms with Crippen LogP contribution in [0.2, 0.25) is 0 Å². The lowest BCUT2D eigenvalue weighted by atomic mass is 10.2. The highest BCUT2D eigenvalue weighted by Gasteiger charge is 2.05. The Morgan fingerprint density at radius 2 is 2.10 bits per heavy atom. The normalized spacial score (nSPS) is 11.0. The molecule has 0 atom stereocenters. The number of nitrogens with zero attached hydrogens (tertiary/aromatic N) is 1. The second kappa shape index (κ2) is 6.03. The van der Waals surface area contributed by atoms with Crippen LogP contribution in [0.1, 0.15) is 5.56 Å². The summed E-state index contributed by atoms with van der Waals surface area (Å²) in [5.74, 6) is 0.891. The smallest absolute Gasteiger partial charge is 0.178 e. The molecule has 0 bridgehead atoms. The zero-order valence-electron chi connectivity index (χ0n) is 11.6. The van der Waals surface area contributed by atoms with Crippen molar-refractivity contribution >= 4 is 39.2 Å². The van der Waals surface area contributed by atoms with Gasteiger partial charge in [-0.3, -0.25) is 0 Å². The van der Waals surface area contributed by atoms with Crippen molar-refractivity contribution in [3.8, 4) is 5.75 Å². The van der Waals surface area contributed by atoms with Crippen LogP contribution in [0.5, 0.6) is 5.75 Å². The van der Waals surface area contributed by atoms with E-state index in [4.69, 9.17) is 17.0 Å². The average molecular weight is 363 g/mol. The van der Waals surface area contributed by atoms with Gasteiger partial charge in [0, 0.05) is 4.47 Å². The van der Waals surface area contributed by atoms with Gasteiger partial charge in [-0.15, -0.1) is 0 Å².